The smallest absolute Gasteiger partial charge is 0.107 e. The van der Waals surface area contributed by atoms with Gasteiger partial charge in [-0.1, -0.05) is 0 Å². The molecule has 2 heteroatoms. The highest BCUT2D eigenvalue weighted by Gasteiger charge is 2.32. The van der Waals surface area contributed by atoms with E-state index in [1.807, 2.05) is 0 Å². The van der Waals surface area contributed by atoms with E-state index >= 15 is 0 Å². The molecule has 6 heavy (non-hydrogen) atoms. The van der Waals surface area contributed by atoms with Crippen molar-refractivity contribution in [3.63, 3.8) is 0 Å². The lowest BCUT2D eigenvalue weighted by atomic mass is 10.4. The van der Waals surface area contributed by atoms with Crippen LogP contribution in [0.4, 0.5) is 0 Å². The van der Waals surface area contributed by atoms with Crippen LogP contribution < -0.4 is 0 Å². The summed E-state index contributed by atoms with van der Waals surface area (Å²) in [5, 5.41) is 8.30. The first-order valence-corrected chi connectivity index (χ1v) is 1.95. The van der Waals surface area contributed by atoms with Crippen molar-refractivity contribution in [2.24, 2.45) is 0 Å². The summed E-state index contributed by atoms with van der Waals surface area (Å²) in [4.78, 5) is 0. The van der Waals surface area contributed by atoms with E-state index in [9.17, 15) is 0 Å². The van der Waals surface area contributed by atoms with Gasteiger partial charge in [0.1, 0.15) is 6.10 Å². The van der Waals surface area contributed by atoms with Gasteiger partial charge in [-0.2, -0.15) is 0 Å². The third-order valence-corrected chi connectivity index (χ3v) is 0.890. The van der Waals surface area contributed by atoms with Crippen molar-refractivity contribution in [2.75, 3.05) is 6.61 Å². The molecule has 0 aliphatic carbocycles. The second-order valence-corrected chi connectivity index (χ2v) is 1.40. The SMILES string of the molecule is [3H][C@@]1(C)O[C@H]1CO. The lowest BCUT2D eigenvalue weighted by Gasteiger charge is -1.73. The molecule has 0 bridgehead atoms. The monoisotopic (exact) mass is 90.1 g/mol. The number of aliphatic hydroxyl groups is 1. The molecule has 1 N–H and O–H groups in total. The van der Waals surface area contributed by atoms with Crippen molar-refractivity contribution < 1.29 is 11.2 Å². The van der Waals surface area contributed by atoms with E-state index in [0.717, 1.165) is 0 Å². The van der Waals surface area contributed by atoms with Crippen LogP contribution in [-0.2, 0) is 4.74 Å². The van der Waals surface area contributed by atoms with Crippen molar-refractivity contribution in [2.45, 2.75) is 19.1 Å². The zero-order chi connectivity index (χ0) is 5.49. The Morgan fingerprint density at radius 1 is 2.17 bits per heavy atom. The van der Waals surface area contributed by atoms with E-state index in [0.29, 0.717) is 0 Å². The van der Waals surface area contributed by atoms with Gasteiger partial charge < -0.3 is 9.84 Å². The molecule has 0 amide bonds. The van der Waals surface area contributed by atoms with Crippen molar-refractivity contribution in [1.29, 1.82) is 0 Å². The highest BCUT2D eigenvalue weighted by Crippen LogP contribution is 2.18. The van der Waals surface area contributed by atoms with Crippen LogP contribution in [0.15, 0.2) is 0 Å². The second-order valence-electron chi connectivity index (χ2n) is 1.40. The molecule has 0 aromatic rings. The summed E-state index contributed by atoms with van der Waals surface area (Å²) in [5.74, 6) is 0. The van der Waals surface area contributed by atoms with Crippen molar-refractivity contribution in [3.8, 4) is 0 Å². The minimum absolute atomic E-state index is 0.0278. The molecule has 1 saturated heterocycles. The number of rotatable bonds is 1. The van der Waals surface area contributed by atoms with Crippen LogP contribution in [0.3, 0.4) is 0 Å². The molecule has 0 unspecified atom stereocenters. The molecule has 0 saturated carbocycles. The molecule has 1 aliphatic rings. The van der Waals surface area contributed by atoms with Gasteiger partial charge in [0.05, 0.1) is 14.1 Å². The average molecular weight is 90.1 g/mol. The zero-order valence-corrected chi connectivity index (χ0v) is 3.64. The Morgan fingerprint density at radius 2 is 2.67 bits per heavy atom. The summed E-state index contributed by atoms with van der Waals surface area (Å²) in [6, 6.07) is 0. The molecule has 0 radical (unpaired) electrons. The Balaban J connectivity index is 2.30. The summed E-state index contributed by atoms with van der Waals surface area (Å²) in [5.41, 5.74) is 0. The molecule has 1 rings (SSSR count). The van der Waals surface area contributed by atoms with Crippen molar-refractivity contribution in [1.82, 2.24) is 0 Å². The molecule has 2 nitrogen and oxygen atoms in total. The first-order valence-electron chi connectivity index (χ1n) is 2.45. The Hall–Kier alpha value is -0.0800. The van der Waals surface area contributed by atoms with Crippen LogP contribution in [0.2, 0.25) is 0 Å². The molecular weight excluding hydrogens is 80.0 g/mol. The lowest BCUT2D eigenvalue weighted by molar-refractivity contribution is 0.242. The van der Waals surface area contributed by atoms with Crippen LogP contribution in [0.1, 0.15) is 8.29 Å². The normalized spacial score (nSPS) is 57.7. The fraction of sp³-hybridized carbons (Fsp3) is 1.00. The zero-order valence-electron chi connectivity index (χ0n) is 4.64. The Labute approximate surface area is 38.1 Å². The van der Waals surface area contributed by atoms with E-state index in [4.69, 9.17) is 6.48 Å². The van der Waals surface area contributed by atoms with Crippen LogP contribution in [0.5, 0.6) is 0 Å². The van der Waals surface area contributed by atoms with Crippen LogP contribution in [0.25, 0.3) is 0 Å². The van der Waals surface area contributed by atoms with Crippen LogP contribution >= 0.6 is 0 Å². The minimum atomic E-state index is -0.783. The topological polar surface area (TPSA) is 32.8 Å². The Bertz CT molecular complexity index is 81.8. The average Bonchev–Trinajstić information content (AvgIpc) is 2.13. The van der Waals surface area contributed by atoms with Crippen LogP contribution in [0, 0.1) is 0 Å². The molecule has 0 aromatic carbocycles. The number of epoxide rings is 1. The molecule has 1 aliphatic heterocycles. The molecule has 2 atom stereocenters. The summed E-state index contributed by atoms with van der Waals surface area (Å²) in [7, 11) is 0. The summed E-state index contributed by atoms with van der Waals surface area (Å²) in [6.07, 6.45) is -1.01. The van der Waals surface area contributed by atoms with Crippen molar-refractivity contribution >= 4 is 0 Å². The predicted molar refractivity (Wildman–Crippen MR) is 21.4 cm³/mol. The standard InChI is InChI=1S/C4H8O2/c1-3-4(2-5)6-3/h3-5H,2H2,1H3/t3-,4-/m0/s1/i3T. The van der Waals surface area contributed by atoms with Gasteiger partial charge >= 0.3 is 0 Å². The lowest BCUT2D eigenvalue weighted by Crippen LogP contribution is -1.93. The maximum atomic E-state index is 8.30. The number of aliphatic hydroxyl groups excluding tert-OH is 1. The third-order valence-electron chi connectivity index (χ3n) is 0.890. The first-order chi connectivity index (χ1) is 3.17. The number of hydrogen-bond acceptors (Lipinski definition) is 2. The highest BCUT2D eigenvalue weighted by molar-refractivity contribution is 4.78. The van der Waals surface area contributed by atoms with Gasteiger partial charge in [-0.25, -0.2) is 0 Å². The van der Waals surface area contributed by atoms with E-state index < -0.39 is 6.08 Å². The number of ether oxygens (including phenoxy) is 1. The van der Waals surface area contributed by atoms with Gasteiger partial charge in [-0.05, 0) is 6.92 Å². The van der Waals surface area contributed by atoms with Crippen LogP contribution in [-0.4, -0.2) is 23.9 Å². The van der Waals surface area contributed by atoms with Gasteiger partial charge in [0, 0.05) is 0 Å². The fourth-order valence-electron chi connectivity index (χ4n) is 0.356. The molecule has 0 aromatic heterocycles. The van der Waals surface area contributed by atoms with Gasteiger partial charge in [0.15, 0.2) is 0 Å². The van der Waals surface area contributed by atoms with E-state index in [1.165, 1.54) is 0 Å². The largest absolute Gasteiger partial charge is 0.394 e. The Kier molecular flexibility index (Phi) is 0.601. The summed E-state index contributed by atoms with van der Waals surface area (Å²) in [6.45, 7) is 1.61. The van der Waals surface area contributed by atoms with E-state index in [-0.39, 0.29) is 12.7 Å². The van der Waals surface area contributed by atoms with E-state index in [1.54, 1.807) is 6.92 Å². The van der Waals surface area contributed by atoms with Gasteiger partial charge in [-0.15, -0.1) is 0 Å². The van der Waals surface area contributed by atoms with Gasteiger partial charge in [0.2, 0.25) is 0 Å². The second kappa shape index (κ2) is 1.21. The maximum Gasteiger partial charge on any atom is 0.107 e. The maximum absolute atomic E-state index is 8.30. The quantitative estimate of drug-likeness (QED) is 0.451. The van der Waals surface area contributed by atoms with Gasteiger partial charge in [0.25, 0.3) is 0 Å². The van der Waals surface area contributed by atoms with Gasteiger partial charge in [-0.3, -0.25) is 0 Å². The molecule has 1 heterocycles. The first kappa shape index (κ1) is 2.99. The summed E-state index contributed by atoms with van der Waals surface area (Å²) < 4.78 is 11.7. The Morgan fingerprint density at radius 3 is 2.67 bits per heavy atom. The predicted octanol–water partition coefficient (Wildman–Crippen LogP) is -0.234. The highest BCUT2D eigenvalue weighted by atomic mass is 16.6. The van der Waals surface area contributed by atoms with Crippen molar-refractivity contribution in [3.05, 3.63) is 0 Å². The minimum Gasteiger partial charge on any atom is -0.394 e. The molecular formula is C4H8O2. The number of hydrogen-bond donors (Lipinski definition) is 1. The third kappa shape index (κ3) is 0.533. The summed E-state index contributed by atoms with van der Waals surface area (Å²) >= 11 is 0. The fourth-order valence-corrected chi connectivity index (χ4v) is 0.356. The molecule has 1 fully saturated rings. The molecule has 36 valence electrons. The molecule has 0 spiro atoms. The van der Waals surface area contributed by atoms with E-state index in [2.05, 4.69) is 4.74 Å².